The van der Waals surface area contributed by atoms with Crippen molar-refractivity contribution in [1.29, 1.82) is 0 Å². The van der Waals surface area contributed by atoms with Gasteiger partial charge in [0.25, 0.3) is 0 Å². The lowest BCUT2D eigenvalue weighted by Gasteiger charge is -2.25. The first-order chi connectivity index (χ1) is 17.7. The number of hydrogen-bond acceptors (Lipinski definition) is 6. The summed E-state index contributed by atoms with van der Waals surface area (Å²) in [6.07, 6.45) is 0.397. The lowest BCUT2D eigenvalue weighted by molar-refractivity contribution is 0.0636. The van der Waals surface area contributed by atoms with E-state index in [0.717, 1.165) is 15.4 Å². The molecule has 5 rings (SSSR count). The van der Waals surface area contributed by atoms with Crippen LogP contribution in [0.25, 0.3) is 10.9 Å². The van der Waals surface area contributed by atoms with Gasteiger partial charge >= 0.3 is 6.09 Å². The summed E-state index contributed by atoms with van der Waals surface area (Å²) in [6, 6.07) is 20.3. The number of fused-ring (bicyclic) bond motifs is 2. The molecular formula is C28H26BrN3O5. The monoisotopic (exact) mass is 563 g/mol. The maximum atomic E-state index is 13.9. The fraction of sp³-hybridized carbons (Fsp3) is 0.214. The highest BCUT2D eigenvalue weighted by molar-refractivity contribution is 9.10. The molecule has 9 heteroatoms. The average Bonchev–Trinajstić information content (AvgIpc) is 3.47. The molecule has 0 saturated heterocycles. The Hall–Kier alpha value is -3.98. The molecule has 4 aromatic rings. The van der Waals surface area contributed by atoms with Gasteiger partial charge in [-0.05, 0) is 44.4 Å². The molecule has 0 saturated carbocycles. The molecule has 0 spiro atoms. The van der Waals surface area contributed by atoms with Crippen LogP contribution in [0.15, 0.2) is 77.4 Å². The van der Waals surface area contributed by atoms with Crippen LogP contribution in [0.3, 0.4) is 0 Å². The van der Waals surface area contributed by atoms with E-state index in [2.05, 4.69) is 26.6 Å². The number of Topliss-reactive ketones (excluding diaryl/α,β-unsaturated/α-hetero) is 1. The number of anilines is 2. The molecule has 2 N–H and O–H groups in total. The van der Waals surface area contributed by atoms with Crippen LogP contribution >= 0.6 is 15.9 Å². The number of nitrogens with one attached hydrogen (secondary N) is 2. The standard InChI is InChI=1S/C28H26BrN3O5/c1-28(2,3)37-27(34)31-21-15-24-23(35-16-36-24)14-20(21)30-26(25(33)18-7-5-4-6-8-18)32-12-11-17-9-10-19(29)13-22(17)32/h4-15,26,30H,16H2,1-3H3,(H,31,34). The highest BCUT2D eigenvalue weighted by Crippen LogP contribution is 2.41. The van der Waals surface area contributed by atoms with Gasteiger partial charge in [0.1, 0.15) is 5.60 Å². The molecule has 0 bridgehead atoms. The minimum Gasteiger partial charge on any atom is -0.454 e. The van der Waals surface area contributed by atoms with Gasteiger partial charge in [-0.2, -0.15) is 0 Å². The lowest BCUT2D eigenvalue weighted by atomic mass is 10.1. The minimum atomic E-state index is -0.839. The molecule has 190 valence electrons. The second-order valence-corrected chi connectivity index (χ2v) is 10.5. The number of aromatic nitrogens is 1. The van der Waals surface area contributed by atoms with E-state index in [0.29, 0.717) is 28.4 Å². The number of amides is 1. The number of carbonyl (C=O) groups is 2. The summed E-state index contributed by atoms with van der Waals surface area (Å²) in [7, 11) is 0. The lowest BCUT2D eigenvalue weighted by Crippen LogP contribution is -2.29. The molecule has 1 atom stereocenters. The van der Waals surface area contributed by atoms with Gasteiger partial charge in [0.15, 0.2) is 17.7 Å². The van der Waals surface area contributed by atoms with Gasteiger partial charge in [0.2, 0.25) is 12.6 Å². The number of hydrogen-bond donors (Lipinski definition) is 2. The predicted molar refractivity (Wildman–Crippen MR) is 145 cm³/mol. The van der Waals surface area contributed by atoms with Gasteiger partial charge in [-0.1, -0.05) is 52.3 Å². The van der Waals surface area contributed by atoms with Crippen molar-refractivity contribution in [3.63, 3.8) is 0 Å². The number of rotatable bonds is 6. The summed E-state index contributed by atoms with van der Waals surface area (Å²) >= 11 is 3.54. The van der Waals surface area contributed by atoms with Crippen LogP contribution < -0.4 is 20.1 Å². The summed E-state index contributed by atoms with van der Waals surface area (Å²) in [5, 5.41) is 7.12. The van der Waals surface area contributed by atoms with Gasteiger partial charge in [-0.3, -0.25) is 10.1 Å². The quantitative estimate of drug-likeness (QED) is 0.246. The molecule has 1 aliphatic heterocycles. The molecule has 1 amide bonds. The van der Waals surface area contributed by atoms with Crippen molar-refractivity contribution in [1.82, 2.24) is 4.57 Å². The van der Waals surface area contributed by atoms with E-state index in [1.807, 2.05) is 53.2 Å². The SMILES string of the molecule is CC(C)(C)OC(=O)Nc1cc2c(cc1NC(C(=O)c1ccccc1)n1ccc3ccc(Br)cc31)OCO2. The Balaban J connectivity index is 1.58. The zero-order valence-electron chi connectivity index (χ0n) is 20.6. The smallest absolute Gasteiger partial charge is 0.412 e. The molecule has 0 fully saturated rings. The second-order valence-electron chi connectivity index (χ2n) is 9.58. The number of benzene rings is 3. The van der Waals surface area contributed by atoms with Gasteiger partial charge < -0.3 is 24.1 Å². The minimum absolute atomic E-state index is 0.0628. The Kier molecular flexibility index (Phi) is 6.55. The van der Waals surface area contributed by atoms with Gasteiger partial charge in [-0.15, -0.1) is 0 Å². The van der Waals surface area contributed by atoms with E-state index in [9.17, 15) is 9.59 Å². The van der Waals surface area contributed by atoms with Crippen molar-refractivity contribution in [2.24, 2.45) is 0 Å². The van der Waals surface area contributed by atoms with E-state index < -0.39 is 17.9 Å². The van der Waals surface area contributed by atoms with Crippen LogP contribution in [0, 0.1) is 0 Å². The Morgan fingerprint density at radius 2 is 1.68 bits per heavy atom. The molecular weight excluding hydrogens is 538 g/mol. The van der Waals surface area contributed by atoms with Crippen LogP contribution in [-0.2, 0) is 4.74 Å². The number of ether oxygens (including phenoxy) is 3. The molecule has 1 aliphatic rings. The summed E-state index contributed by atoms with van der Waals surface area (Å²) in [4.78, 5) is 26.5. The number of nitrogens with zero attached hydrogens (tertiary/aromatic N) is 1. The average molecular weight is 564 g/mol. The highest BCUT2D eigenvalue weighted by atomic mass is 79.9. The van der Waals surface area contributed by atoms with Crippen LogP contribution in [-0.4, -0.2) is 28.8 Å². The highest BCUT2D eigenvalue weighted by Gasteiger charge is 2.27. The first-order valence-corrected chi connectivity index (χ1v) is 12.5. The molecule has 1 unspecified atom stereocenters. The summed E-state index contributed by atoms with van der Waals surface area (Å²) in [6.45, 7) is 5.42. The molecule has 0 aliphatic carbocycles. The van der Waals surface area contributed by atoms with Crippen LogP contribution in [0.2, 0.25) is 0 Å². The maximum Gasteiger partial charge on any atom is 0.412 e. The van der Waals surface area contributed by atoms with Crippen LogP contribution in [0.1, 0.15) is 37.3 Å². The van der Waals surface area contributed by atoms with Gasteiger partial charge in [-0.25, -0.2) is 4.79 Å². The summed E-state index contributed by atoms with van der Waals surface area (Å²) < 4.78 is 19.3. The van der Waals surface area contributed by atoms with E-state index in [1.54, 1.807) is 45.0 Å². The van der Waals surface area contributed by atoms with Crippen molar-refractivity contribution in [2.75, 3.05) is 17.4 Å². The fourth-order valence-corrected chi connectivity index (χ4v) is 4.44. The van der Waals surface area contributed by atoms with Gasteiger partial charge in [0.05, 0.1) is 16.9 Å². The third-order valence-electron chi connectivity index (χ3n) is 5.71. The first-order valence-electron chi connectivity index (χ1n) is 11.7. The number of ketones is 1. The van der Waals surface area contributed by atoms with Crippen LogP contribution in [0.5, 0.6) is 11.5 Å². The Bertz CT molecular complexity index is 1480. The topological polar surface area (TPSA) is 90.8 Å². The third-order valence-corrected chi connectivity index (χ3v) is 6.20. The molecule has 1 aromatic heterocycles. The normalized spacial score (nSPS) is 13.3. The Labute approximate surface area is 222 Å². The summed E-state index contributed by atoms with van der Waals surface area (Å²) in [5.41, 5.74) is 1.58. The largest absolute Gasteiger partial charge is 0.454 e. The first kappa shape index (κ1) is 24.7. The van der Waals surface area contributed by atoms with E-state index in [-0.39, 0.29) is 12.6 Å². The zero-order valence-corrected chi connectivity index (χ0v) is 22.2. The third kappa shape index (κ3) is 5.41. The molecule has 3 aromatic carbocycles. The predicted octanol–water partition coefficient (Wildman–Crippen LogP) is 6.97. The van der Waals surface area contributed by atoms with E-state index >= 15 is 0 Å². The Morgan fingerprint density at radius 1 is 0.973 bits per heavy atom. The Morgan fingerprint density at radius 3 is 2.38 bits per heavy atom. The second kappa shape index (κ2) is 9.82. The maximum absolute atomic E-state index is 13.9. The van der Waals surface area contributed by atoms with Crippen LogP contribution in [0.4, 0.5) is 16.2 Å². The molecule has 8 nitrogen and oxygen atoms in total. The number of carbonyl (C=O) groups excluding carboxylic acids is 2. The fourth-order valence-electron chi connectivity index (χ4n) is 4.09. The van der Waals surface area contributed by atoms with E-state index in [1.165, 1.54) is 0 Å². The molecule has 2 heterocycles. The zero-order chi connectivity index (χ0) is 26.2. The number of halogens is 1. The van der Waals surface area contributed by atoms with Gasteiger partial charge in [0, 0.05) is 28.4 Å². The van der Waals surface area contributed by atoms with Crippen molar-refractivity contribution in [3.8, 4) is 11.5 Å². The summed E-state index contributed by atoms with van der Waals surface area (Å²) in [5.74, 6) is 0.833. The molecule has 37 heavy (non-hydrogen) atoms. The van der Waals surface area contributed by atoms with Crippen molar-refractivity contribution in [2.45, 2.75) is 32.5 Å². The van der Waals surface area contributed by atoms with Crippen molar-refractivity contribution >= 4 is 50.1 Å². The van der Waals surface area contributed by atoms with Crippen molar-refractivity contribution in [3.05, 3.63) is 83.0 Å². The van der Waals surface area contributed by atoms with E-state index in [4.69, 9.17) is 14.2 Å². The molecule has 0 radical (unpaired) electrons. The van der Waals surface area contributed by atoms with Crippen molar-refractivity contribution < 1.29 is 23.8 Å².